The van der Waals surface area contributed by atoms with Crippen molar-refractivity contribution in [2.24, 2.45) is 5.41 Å². The van der Waals surface area contributed by atoms with Crippen molar-refractivity contribution in [1.29, 1.82) is 0 Å². The monoisotopic (exact) mass is 221 g/mol. The molecule has 0 unspecified atom stereocenters. The van der Waals surface area contributed by atoms with Gasteiger partial charge in [-0.2, -0.15) is 0 Å². The fraction of sp³-hybridized carbons (Fsp3) is 0.900. The van der Waals surface area contributed by atoms with Gasteiger partial charge in [-0.1, -0.05) is 12.8 Å². The summed E-state index contributed by atoms with van der Waals surface area (Å²) in [6.45, 7) is 4.10. The summed E-state index contributed by atoms with van der Waals surface area (Å²) in [5.41, 5.74) is -0.636. The molecule has 0 aliphatic heterocycles. The molecule has 0 aromatic rings. The summed E-state index contributed by atoms with van der Waals surface area (Å²) in [5.74, 6) is -0.724. The first-order valence-corrected chi connectivity index (χ1v) is 4.99. The maximum atomic E-state index is 10.8. The summed E-state index contributed by atoms with van der Waals surface area (Å²) < 4.78 is 0. The van der Waals surface area contributed by atoms with Gasteiger partial charge in [0.15, 0.2) is 0 Å². The number of carboxylic acid groups (broad SMARTS) is 1. The molecule has 0 spiro atoms. The average molecular weight is 222 g/mol. The highest BCUT2D eigenvalue weighted by molar-refractivity contribution is 5.85. The third-order valence-corrected chi connectivity index (χ3v) is 2.77. The Morgan fingerprint density at radius 3 is 2.36 bits per heavy atom. The summed E-state index contributed by atoms with van der Waals surface area (Å²) in [7, 11) is 0. The van der Waals surface area contributed by atoms with Gasteiger partial charge in [0.2, 0.25) is 0 Å². The number of halogens is 1. The van der Waals surface area contributed by atoms with E-state index in [2.05, 4.69) is 5.32 Å². The molecule has 0 aromatic carbocycles. The van der Waals surface area contributed by atoms with E-state index in [0.29, 0.717) is 12.6 Å². The molecule has 0 aromatic heterocycles. The Bertz CT molecular complexity index is 189. The zero-order chi connectivity index (χ0) is 9.90. The first-order chi connectivity index (χ1) is 6.02. The molecule has 1 saturated carbocycles. The Balaban J connectivity index is 0.00000169. The van der Waals surface area contributed by atoms with Crippen LogP contribution in [0.3, 0.4) is 0 Å². The molecule has 0 bridgehead atoms. The van der Waals surface area contributed by atoms with Gasteiger partial charge in [-0.25, -0.2) is 0 Å². The van der Waals surface area contributed by atoms with Crippen LogP contribution in [0.4, 0.5) is 0 Å². The Hall–Kier alpha value is -0.280. The molecule has 0 atom stereocenters. The zero-order valence-electron chi connectivity index (χ0n) is 8.88. The summed E-state index contributed by atoms with van der Waals surface area (Å²) >= 11 is 0. The predicted molar refractivity (Wildman–Crippen MR) is 58.9 cm³/mol. The van der Waals surface area contributed by atoms with E-state index < -0.39 is 11.4 Å². The lowest BCUT2D eigenvalue weighted by molar-refractivity contribution is -0.146. The van der Waals surface area contributed by atoms with Crippen LogP contribution in [0.25, 0.3) is 0 Å². The third-order valence-electron chi connectivity index (χ3n) is 2.77. The van der Waals surface area contributed by atoms with Gasteiger partial charge in [-0.15, -0.1) is 12.4 Å². The van der Waals surface area contributed by atoms with Gasteiger partial charge in [0.1, 0.15) is 0 Å². The fourth-order valence-corrected chi connectivity index (χ4v) is 1.61. The molecule has 0 saturated heterocycles. The summed E-state index contributed by atoms with van der Waals surface area (Å²) in [5, 5.41) is 12.2. The standard InChI is InChI=1S/C10H19NO2.ClH/c1-10(2,9(12)13)7-11-8-5-3-4-6-8;/h8,11H,3-7H2,1-2H3,(H,12,13);1H. The quantitative estimate of drug-likeness (QED) is 0.764. The molecule has 14 heavy (non-hydrogen) atoms. The molecular formula is C10H20ClNO2. The molecule has 0 radical (unpaired) electrons. The van der Waals surface area contributed by atoms with E-state index in [1.54, 1.807) is 13.8 Å². The second-order valence-electron chi connectivity index (χ2n) is 4.55. The minimum atomic E-state index is -0.724. The van der Waals surface area contributed by atoms with Crippen LogP contribution in [0.2, 0.25) is 0 Å². The highest BCUT2D eigenvalue weighted by atomic mass is 35.5. The third kappa shape index (κ3) is 3.84. The van der Waals surface area contributed by atoms with Crippen molar-refractivity contribution in [1.82, 2.24) is 5.32 Å². The number of nitrogens with one attached hydrogen (secondary N) is 1. The molecule has 0 amide bonds. The number of carbonyl (C=O) groups is 1. The van der Waals surface area contributed by atoms with Crippen LogP contribution in [0.5, 0.6) is 0 Å². The second-order valence-corrected chi connectivity index (χ2v) is 4.55. The first kappa shape index (κ1) is 13.7. The molecule has 4 heteroatoms. The smallest absolute Gasteiger partial charge is 0.310 e. The Labute approximate surface area is 91.7 Å². The SMILES string of the molecule is CC(C)(CNC1CCCC1)C(=O)O.Cl. The van der Waals surface area contributed by atoms with Gasteiger partial charge < -0.3 is 10.4 Å². The minimum absolute atomic E-state index is 0. The van der Waals surface area contributed by atoms with Crippen LogP contribution >= 0.6 is 12.4 Å². The van der Waals surface area contributed by atoms with E-state index in [1.165, 1.54) is 25.7 Å². The van der Waals surface area contributed by atoms with Gasteiger partial charge in [0.25, 0.3) is 0 Å². The van der Waals surface area contributed by atoms with E-state index in [9.17, 15) is 4.79 Å². The number of rotatable bonds is 4. The molecule has 3 nitrogen and oxygen atoms in total. The molecule has 0 heterocycles. The van der Waals surface area contributed by atoms with E-state index in [-0.39, 0.29) is 12.4 Å². The zero-order valence-corrected chi connectivity index (χ0v) is 9.69. The number of aliphatic carboxylic acids is 1. The fourth-order valence-electron chi connectivity index (χ4n) is 1.61. The van der Waals surface area contributed by atoms with Gasteiger partial charge in [-0.3, -0.25) is 4.79 Å². The van der Waals surface area contributed by atoms with Gasteiger partial charge in [-0.05, 0) is 26.7 Å². The second kappa shape index (κ2) is 5.56. The summed E-state index contributed by atoms with van der Waals surface area (Å²) in [6, 6.07) is 0.554. The van der Waals surface area contributed by atoms with Crippen LogP contribution in [0.1, 0.15) is 39.5 Å². The Morgan fingerprint density at radius 2 is 1.93 bits per heavy atom. The van der Waals surface area contributed by atoms with E-state index in [4.69, 9.17) is 5.11 Å². The maximum Gasteiger partial charge on any atom is 0.310 e. The maximum absolute atomic E-state index is 10.8. The van der Waals surface area contributed by atoms with Gasteiger partial charge >= 0.3 is 5.97 Å². The van der Waals surface area contributed by atoms with Gasteiger partial charge in [0, 0.05) is 12.6 Å². The first-order valence-electron chi connectivity index (χ1n) is 4.99. The van der Waals surface area contributed by atoms with E-state index >= 15 is 0 Å². The highest BCUT2D eigenvalue weighted by Gasteiger charge is 2.28. The molecular weight excluding hydrogens is 202 g/mol. The van der Waals surface area contributed by atoms with Crippen LogP contribution in [-0.4, -0.2) is 23.7 Å². The number of carboxylic acids is 1. The van der Waals surface area contributed by atoms with Crippen molar-refractivity contribution >= 4 is 18.4 Å². The van der Waals surface area contributed by atoms with Gasteiger partial charge in [0.05, 0.1) is 5.41 Å². The Kier molecular flexibility index (Phi) is 5.45. The predicted octanol–water partition coefficient (Wildman–Crippen LogP) is 2.05. The molecule has 1 aliphatic rings. The van der Waals surface area contributed by atoms with Crippen molar-refractivity contribution < 1.29 is 9.90 Å². The lowest BCUT2D eigenvalue weighted by Gasteiger charge is -2.22. The number of hydrogen-bond acceptors (Lipinski definition) is 2. The van der Waals surface area contributed by atoms with Crippen LogP contribution in [-0.2, 0) is 4.79 Å². The Morgan fingerprint density at radius 1 is 1.43 bits per heavy atom. The van der Waals surface area contributed by atoms with Crippen LogP contribution in [0, 0.1) is 5.41 Å². The molecule has 1 fully saturated rings. The molecule has 84 valence electrons. The van der Waals surface area contributed by atoms with Crippen molar-refractivity contribution in [2.75, 3.05) is 6.54 Å². The summed E-state index contributed by atoms with van der Waals surface area (Å²) in [4.78, 5) is 10.8. The van der Waals surface area contributed by atoms with Crippen molar-refractivity contribution in [3.8, 4) is 0 Å². The van der Waals surface area contributed by atoms with E-state index in [0.717, 1.165) is 0 Å². The van der Waals surface area contributed by atoms with Crippen LogP contribution in [0.15, 0.2) is 0 Å². The molecule has 2 N–H and O–H groups in total. The molecule has 1 aliphatic carbocycles. The lowest BCUT2D eigenvalue weighted by Crippen LogP contribution is -2.39. The topological polar surface area (TPSA) is 49.3 Å². The largest absolute Gasteiger partial charge is 0.481 e. The van der Waals surface area contributed by atoms with Crippen molar-refractivity contribution in [3.63, 3.8) is 0 Å². The lowest BCUT2D eigenvalue weighted by atomic mass is 9.93. The van der Waals surface area contributed by atoms with E-state index in [1.807, 2.05) is 0 Å². The highest BCUT2D eigenvalue weighted by Crippen LogP contribution is 2.20. The van der Waals surface area contributed by atoms with Crippen molar-refractivity contribution in [2.45, 2.75) is 45.6 Å². The minimum Gasteiger partial charge on any atom is -0.481 e. The normalized spacial score (nSPS) is 17.9. The average Bonchev–Trinajstić information content (AvgIpc) is 2.52. The van der Waals surface area contributed by atoms with Crippen molar-refractivity contribution in [3.05, 3.63) is 0 Å². The number of hydrogen-bond donors (Lipinski definition) is 2. The summed E-state index contributed by atoms with van der Waals surface area (Å²) in [6.07, 6.45) is 4.97. The molecule has 1 rings (SSSR count). The van der Waals surface area contributed by atoms with Crippen LogP contribution < -0.4 is 5.32 Å².